The van der Waals surface area contributed by atoms with Crippen molar-refractivity contribution in [3.8, 4) is 5.75 Å². The van der Waals surface area contributed by atoms with Crippen molar-refractivity contribution >= 4 is 22.3 Å². The van der Waals surface area contributed by atoms with Crippen LogP contribution in [0.3, 0.4) is 0 Å². The summed E-state index contributed by atoms with van der Waals surface area (Å²) < 4.78 is 13.8. The Hall–Kier alpha value is -2.82. The SMILES string of the molecule is [O]c1ccnc2cccc(N3CCC(Nc4ccccc4F)CC3)c12. The Morgan fingerprint density at radius 1 is 1.04 bits per heavy atom. The lowest BCUT2D eigenvalue weighted by Crippen LogP contribution is -2.39. The van der Waals surface area contributed by atoms with Crippen molar-refractivity contribution in [3.63, 3.8) is 0 Å². The average molecular weight is 336 g/mol. The van der Waals surface area contributed by atoms with Crippen molar-refractivity contribution in [2.75, 3.05) is 23.3 Å². The molecule has 1 aliphatic heterocycles. The van der Waals surface area contributed by atoms with E-state index in [4.69, 9.17) is 0 Å². The molecule has 0 amide bonds. The summed E-state index contributed by atoms with van der Waals surface area (Å²) in [6.07, 6.45) is 3.33. The molecule has 1 saturated heterocycles. The van der Waals surface area contributed by atoms with Gasteiger partial charge in [0, 0.05) is 31.4 Å². The van der Waals surface area contributed by atoms with E-state index in [1.54, 1.807) is 18.3 Å². The number of halogens is 1. The van der Waals surface area contributed by atoms with E-state index < -0.39 is 0 Å². The molecule has 0 spiro atoms. The molecule has 5 heteroatoms. The maximum Gasteiger partial charge on any atom is 0.191 e. The predicted molar refractivity (Wildman–Crippen MR) is 97.1 cm³/mol. The molecule has 127 valence electrons. The number of benzene rings is 2. The number of rotatable bonds is 3. The first-order valence-corrected chi connectivity index (χ1v) is 8.53. The second kappa shape index (κ2) is 6.59. The Balaban J connectivity index is 1.50. The number of nitrogens with one attached hydrogen (secondary N) is 1. The number of hydrogen-bond acceptors (Lipinski definition) is 3. The van der Waals surface area contributed by atoms with E-state index >= 15 is 0 Å². The lowest BCUT2D eigenvalue weighted by Gasteiger charge is -2.35. The van der Waals surface area contributed by atoms with Crippen LogP contribution in [0.15, 0.2) is 54.7 Å². The summed E-state index contributed by atoms with van der Waals surface area (Å²) in [5.74, 6) is -0.215. The summed E-state index contributed by atoms with van der Waals surface area (Å²) in [6.45, 7) is 1.64. The average Bonchev–Trinajstić information content (AvgIpc) is 2.64. The lowest BCUT2D eigenvalue weighted by atomic mass is 10.0. The van der Waals surface area contributed by atoms with Crippen molar-refractivity contribution in [1.29, 1.82) is 0 Å². The predicted octanol–water partition coefficient (Wildman–Crippen LogP) is 4.60. The van der Waals surface area contributed by atoms with Crippen LogP contribution >= 0.6 is 0 Å². The molecule has 25 heavy (non-hydrogen) atoms. The first kappa shape index (κ1) is 15.7. The fraction of sp³-hybridized carbons (Fsp3) is 0.250. The van der Waals surface area contributed by atoms with Crippen LogP contribution in [0.4, 0.5) is 15.8 Å². The third-order valence-electron chi connectivity index (χ3n) is 4.78. The van der Waals surface area contributed by atoms with Crippen LogP contribution in [0.5, 0.6) is 5.75 Å². The number of pyridine rings is 1. The molecule has 3 aromatic rings. The van der Waals surface area contributed by atoms with Crippen molar-refractivity contribution in [2.45, 2.75) is 18.9 Å². The molecule has 1 radical (unpaired) electrons. The standard InChI is InChI=1S/C20H19FN3O/c21-15-4-1-2-5-16(15)23-14-9-12-24(13-10-14)18-7-3-6-17-20(18)19(25)8-11-22-17/h1-8,11,14,23H,9-10,12-13H2. The van der Waals surface area contributed by atoms with Crippen molar-refractivity contribution in [3.05, 3.63) is 60.5 Å². The fourth-order valence-corrected chi connectivity index (χ4v) is 3.48. The molecular formula is C20H19FN3O. The highest BCUT2D eigenvalue weighted by atomic mass is 19.1. The number of anilines is 2. The van der Waals surface area contributed by atoms with Crippen LogP contribution < -0.4 is 10.2 Å². The number of aromatic nitrogens is 1. The first-order chi connectivity index (χ1) is 12.2. The number of para-hydroxylation sites is 1. The van der Waals surface area contributed by atoms with Crippen LogP contribution in [0, 0.1) is 5.82 Å². The Bertz CT molecular complexity index is 886. The van der Waals surface area contributed by atoms with Gasteiger partial charge in [-0.25, -0.2) is 4.39 Å². The zero-order valence-electron chi connectivity index (χ0n) is 13.8. The van der Waals surface area contributed by atoms with E-state index in [9.17, 15) is 9.50 Å². The molecule has 2 aromatic carbocycles. The van der Waals surface area contributed by atoms with Crippen LogP contribution in [0.1, 0.15) is 12.8 Å². The Labute approximate surface area is 145 Å². The summed E-state index contributed by atoms with van der Waals surface area (Å²) in [4.78, 5) is 6.52. The summed E-state index contributed by atoms with van der Waals surface area (Å²) in [5.41, 5.74) is 2.23. The van der Waals surface area contributed by atoms with Gasteiger partial charge < -0.3 is 10.2 Å². The molecular weight excluding hydrogens is 317 g/mol. The number of fused-ring (bicyclic) bond motifs is 1. The van der Waals surface area contributed by atoms with Crippen LogP contribution in [-0.4, -0.2) is 24.1 Å². The normalized spacial score (nSPS) is 15.5. The minimum Gasteiger partial charge on any atom is -0.380 e. The summed E-state index contributed by atoms with van der Waals surface area (Å²) in [5, 5.41) is 16.2. The van der Waals surface area contributed by atoms with Gasteiger partial charge in [-0.05, 0) is 37.1 Å². The molecule has 0 bridgehead atoms. The Kier molecular flexibility index (Phi) is 4.14. The monoisotopic (exact) mass is 336 g/mol. The molecule has 1 aromatic heterocycles. The zero-order valence-corrected chi connectivity index (χ0v) is 13.8. The van der Waals surface area contributed by atoms with Gasteiger partial charge >= 0.3 is 0 Å². The molecule has 4 rings (SSSR count). The molecule has 1 N–H and O–H groups in total. The highest BCUT2D eigenvalue weighted by Gasteiger charge is 2.22. The molecule has 2 heterocycles. The van der Waals surface area contributed by atoms with E-state index in [1.165, 1.54) is 12.1 Å². The van der Waals surface area contributed by atoms with Gasteiger partial charge in [-0.15, -0.1) is 0 Å². The first-order valence-electron chi connectivity index (χ1n) is 8.53. The van der Waals surface area contributed by atoms with Crippen molar-refractivity contribution in [1.82, 2.24) is 4.98 Å². The van der Waals surface area contributed by atoms with Crippen LogP contribution in [-0.2, 0) is 5.11 Å². The van der Waals surface area contributed by atoms with Gasteiger partial charge in [0.05, 0.1) is 22.3 Å². The lowest BCUT2D eigenvalue weighted by molar-refractivity contribution is 0.360. The molecule has 0 saturated carbocycles. The number of hydrogen-bond donors (Lipinski definition) is 1. The van der Waals surface area contributed by atoms with E-state index in [1.807, 2.05) is 24.3 Å². The number of piperidine rings is 1. The Morgan fingerprint density at radius 3 is 2.64 bits per heavy atom. The van der Waals surface area contributed by atoms with Gasteiger partial charge in [-0.1, -0.05) is 18.2 Å². The van der Waals surface area contributed by atoms with E-state index in [0.717, 1.165) is 37.1 Å². The third kappa shape index (κ3) is 3.09. The van der Waals surface area contributed by atoms with E-state index in [0.29, 0.717) is 11.1 Å². The summed E-state index contributed by atoms with van der Waals surface area (Å²) in [6, 6.07) is 14.3. The maximum atomic E-state index is 13.8. The highest BCUT2D eigenvalue weighted by molar-refractivity contribution is 5.96. The quantitative estimate of drug-likeness (QED) is 0.760. The van der Waals surface area contributed by atoms with Gasteiger partial charge in [0.25, 0.3) is 0 Å². The third-order valence-corrected chi connectivity index (χ3v) is 4.78. The van der Waals surface area contributed by atoms with Crippen LogP contribution in [0.2, 0.25) is 0 Å². The van der Waals surface area contributed by atoms with Gasteiger partial charge in [-0.3, -0.25) is 10.1 Å². The second-order valence-electron chi connectivity index (χ2n) is 6.37. The van der Waals surface area contributed by atoms with Crippen LogP contribution in [0.25, 0.3) is 10.9 Å². The molecule has 0 aliphatic carbocycles. The largest absolute Gasteiger partial charge is 0.380 e. The minimum absolute atomic E-state index is 0.00667. The van der Waals surface area contributed by atoms with Crippen molar-refractivity contribution < 1.29 is 9.50 Å². The van der Waals surface area contributed by atoms with E-state index in [2.05, 4.69) is 15.2 Å². The molecule has 0 atom stereocenters. The minimum atomic E-state index is -0.221. The van der Waals surface area contributed by atoms with E-state index in [-0.39, 0.29) is 17.6 Å². The molecule has 1 aliphatic rings. The van der Waals surface area contributed by atoms with Gasteiger partial charge in [0.2, 0.25) is 0 Å². The maximum absolute atomic E-state index is 13.8. The van der Waals surface area contributed by atoms with Gasteiger partial charge in [0.1, 0.15) is 5.82 Å². The zero-order chi connectivity index (χ0) is 17.2. The fourth-order valence-electron chi connectivity index (χ4n) is 3.48. The summed E-state index contributed by atoms with van der Waals surface area (Å²) in [7, 11) is 0. The molecule has 0 unspecified atom stereocenters. The van der Waals surface area contributed by atoms with Gasteiger partial charge in [0.15, 0.2) is 5.75 Å². The van der Waals surface area contributed by atoms with Gasteiger partial charge in [-0.2, -0.15) is 0 Å². The summed E-state index contributed by atoms with van der Waals surface area (Å²) >= 11 is 0. The molecule has 4 nitrogen and oxygen atoms in total. The second-order valence-corrected chi connectivity index (χ2v) is 6.37. The topological polar surface area (TPSA) is 48.1 Å². The van der Waals surface area contributed by atoms with Crippen molar-refractivity contribution in [2.24, 2.45) is 0 Å². The number of nitrogens with zero attached hydrogens (tertiary/aromatic N) is 2. The molecule has 1 fully saturated rings. The highest BCUT2D eigenvalue weighted by Crippen LogP contribution is 2.34. The Morgan fingerprint density at radius 2 is 1.84 bits per heavy atom. The smallest absolute Gasteiger partial charge is 0.191 e.